The van der Waals surface area contributed by atoms with Crippen LogP contribution in [0.15, 0.2) is 36.4 Å². The van der Waals surface area contributed by atoms with Crippen molar-refractivity contribution in [1.29, 1.82) is 0 Å². The fourth-order valence-electron chi connectivity index (χ4n) is 4.87. The number of halogens is 1. The first-order valence-electron chi connectivity index (χ1n) is 12.0. The number of carbonyl (C=O) groups is 1. The summed E-state index contributed by atoms with van der Waals surface area (Å²) in [6, 6.07) is 12.4. The number of nitrogens with zero attached hydrogens (tertiary/aromatic N) is 1. The Bertz CT molecular complexity index is 926. The number of ether oxygens (including phenoxy) is 3. The molecule has 178 valence electrons. The Balaban J connectivity index is 1.25. The first-order valence-corrected chi connectivity index (χ1v) is 12.4. The van der Waals surface area contributed by atoms with E-state index in [1.54, 1.807) is 7.11 Å². The first-order chi connectivity index (χ1) is 16.1. The lowest BCUT2D eigenvalue weighted by molar-refractivity contribution is -0.109. The van der Waals surface area contributed by atoms with Crippen LogP contribution in [0.4, 0.5) is 0 Å². The summed E-state index contributed by atoms with van der Waals surface area (Å²) >= 11 is 6.32. The molecule has 5 nitrogen and oxygen atoms in total. The summed E-state index contributed by atoms with van der Waals surface area (Å²) in [5.74, 6) is 2.33. The molecule has 0 spiro atoms. The molecule has 6 heteroatoms. The summed E-state index contributed by atoms with van der Waals surface area (Å²) in [5.41, 5.74) is 3.59. The molecule has 0 bridgehead atoms. The van der Waals surface area contributed by atoms with E-state index in [-0.39, 0.29) is 5.92 Å². The van der Waals surface area contributed by atoms with E-state index in [1.165, 1.54) is 24.0 Å². The van der Waals surface area contributed by atoms with E-state index in [0.717, 1.165) is 67.3 Å². The smallest absolute Gasteiger partial charge is 0.127 e. The van der Waals surface area contributed by atoms with Crippen LogP contribution in [-0.2, 0) is 22.4 Å². The molecule has 2 aromatic rings. The fraction of sp³-hybridized carbons (Fsp3) is 0.519. The summed E-state index contributed by atoms with van der Waals surface area (Å²) in [5, 5.41) is 0.727. The molecule has 0 aromatic heterocycles. The minimum atomic E-state index is -0.0261. The number of aldehydes is 1. The van der Waals surface area contributed by atoms with Crippen molar-refractivity contribution in [2.75, 3.05) is 46.6 Å². The van der Waals surface area contributed by atoms with Gasteiger partial charge in [-0.2, -0.15) is 0 Å². The SMILES string of the molecule is COCCOc1cc(Cl)cc(CC2CCN(CCc3ccc4c(c3)C(C=O)CCO4)CC2)c1. The predicted octanol–water partition coefficient (Wildman–Crippen LogP) is 4.93. The number of fused-ring (bicyclic) bond motifs is 1. The predicted molar refractivity (Wildman–Crippen MR) is 131 cm³/mol. The molecule has 0 radical (unpaired) electrons. The lowest BCUT2D eigenvalue weighted by atomic mass is 9.89. The van der Waals surface area contributed by atoms with Gasteiger partial charge >= 0.3 is 0 Å². The zero-order chi connectivity index (χ0) is 23.0. The third-order valence-corrected chi connectivity index (χ3v) is 6.98. The molecule has 33 heavy (non-hydrogen) atoms. The van der Waals surface area contributed by atoms with Crippen molar-refractivity contribution in [2.24, 2.45) is 5.92 Å². The molecule has 0 aliphatic carbocycles. The summed E-state index contributed by atoms with van der Waals surface area (Å²) in [4.78, 5) is 14.0. The van der Waals surface area contributed by atoms with Gasteiger partial charge in [0.1, 0.15) is 24.4 Å². The number of hydrogen-bond acceptors (Lipinski definition) is 5. The molecule has 2 aliphatic rings. The van der Waals surface area contributed by atoms with Crippen LogP contribution in [0, 0.1) is 5.92 Å². The van der Waals surface area contributed by atoms with Gasteiger partial charge in [-0.05, 0) is 86.5 Å². The maximum Gasteiger partial charge on any atom is 0.127 e. The van der Waals surface area contributed by atoms with Crippen molar-refractivity contribution in [3.05, 3.63) is 58.1 Å². The summed E-state index contributed by atoms with van der Waals surface area (Å²) in [6.07, 6.45) is 6.26. The summed E-state index contributed by atoms with van der Waals surface area (Å²) < 4.78 is 16.5. The van der Waals surface area contributed by atoms with Crippen LogP contribution < -0.4 is 9.47 Å². The van der Waals surface area contributed by atoms with Crippen molar-refractivity contribution in [1.82, 2.24) is 4.90 Å². The van der Waals surface area contributed by atoms with Crippen LogP contribution in [0.1, 0.15) is 41.9 Å². The normalized spacial score (nSPS) is 19.0. The quantitative estimate of drug-likeness (QED) is 0.363. The molecular weight excluding hydrogens is 438 g/mol. The van der Waals surface area contributed by atoms with Gasteiger partial charge in [0.25, 0.3) is 0 Å². The highest BCUT2D eigenvalue weighted by molar-refractivity contribution is 6.30. The molecule has 2 aliphatic heterocycles. The minimum absolute atomic E-state index is 0.0261. The van der Waals surface area contributed by atoms with Crippen molar-refractivity contribution < 1.29 is 19.0 Å². The number of carbonyl (C=O) groups excluding carboxylic acids is 1. The van der Waals surface area contributed by atoms with Gasteiger partial charge in [0.2, 0.25) is 0 Å². The first kappa shape index (κ1) is 24.1. The Morgan fingerprint density at radius 1 is 1.09 bits per heavy atom. The molecule has 2 aromatic carbocycles. The van der Waals surface area contributed by atoms with Crippen molar-refractivity contribution >= 4 is 17.9 Å². The van der Waals surface area contributed by atoms with Gasteiger partial charge in [-0.25, -0.2) is 0 Å². The van der Waals surface area contributed by atoms with Crippen LogP contribution in [0.3, 0.4) is 0 Å². The van der Waals surface area contributed by atoms with E-state index in [9.17, 15) is 4.79 Å². The van der Waals surface area contributed by atoms with Crippen LogP contribution in [-0.4, -0.2) is 57.8 Å². The summed E-state index contributed by atoms with van der Waals surface area (Å²) in [7, 11) is 1.67. The van der Waals surface area contributed by atoms with Gasteiger partial charge in [-0.15, -0.1) is 0 Å². The fourth-order valence-corrected chi connectivity index (χ4v) is 5.11. The van der Waals surface area contributed by atoms with E-state index >= 15 is 0 Å². The van der Waals surface area contributed by atoms with Gasteiger partial charge in [0.15, 0.2) is 0 Å². The number of rotatable bonds is 10. The van der Waals surface area contributed by atoms with Crippen LogP contribution in [0.5, 0.6) is 11.5 Å². The molecule has 2 heterocycles. The largest absolute Gasteiger partial charge is 0.493 e. The van der Waals surface area contributed by atoms with Crippen LogP contribution in [0.25, 0.3) is 0 Å². The number of benzene rings is 2. The summed E-state index contributed by atoms with van der Waals surface area (Å²) in [6.45, 7) is 5.01. The molecule has 1 unspecified atom stereocenters. The van der Waals surface area contributed by atoms with Crippen LogP contribution in [0.2, 0.25) is 5.02 Å². The Morgan fingerprint density at radius 3 is 2.73 bits per heavy atom. The third kappa shape index (κ3) is 6.72. The van der Waals surface area contributed by atoms with E-state index in [1.807, 2.05) is 12.1 Å². The second kappa shape index (κ2) is 11.9. The van der Waals surface area contributed by atoms with E-state index in [4.69, 9.17) is 25.8 Å². The van der Waals surface area contributed by atoms with Gasteiger partial charge < -0.3 is 23.9 Å². The molecule has 0 saturated carbocycles. The minimum Gasteiger partial charge on any atom is -0.493 e. The van der Waals surface area contributed by atoms with E-state index in [2.05, 4.69) is 29.2 Å². The monoisotopic (exact) mass is 471 g/mol. The average molecular weight is 472 g/mol. The lowest BCUT2D eigenvalue weighted by Crippen LogP contribution is -2.35. The van der Waals surface area contributed by atoms with Gasteiger partial charge in [-0.3, -0.25) is 0 Å². The highest BCUT2D eigenvalue weighted by Crippen LogP contribution is 2.33. The van der Waals surface area contributed by atoms with Gasteiger partial charge in [0, 0.05) is 30.2 Å². The second-order valence-corrected chi connectivity index (χ2v) is 9.56. The Labute approximate surface area is 202 Å². The van der Waals surface area contributed by atoms with Crippen molar-refractivity contribution in [2.45, 2.75) is 38.0 Å². The lowest BCUT2D eigenvalue weighted by Gasteiger charge is -2.32. The van der Waals surface area contributed by atoms with Gasteiger partial charge in [0.05, 0.1) is 13.2 Å². The number of hydrogen-bond donors (Lipinski definition) is 0. The molecule has 1 atom stereocenters. The Morgan fingerprint density at radius 2 is 1.94 bits per heavy atom. The second-order valence-electron chi connectivity index (χ2n) is 9.13. The standard InChI is InChI=1S/C27H34ClNO4/c1-31-12-13-32-25-16-22(15-24(28)18-25)14-21-5-9-29(10-6-21)8-4-20-2-3-27-26(17-20)23(19-30)7-11-33-27/h2-3,15-19,21,23H,4-14H2,1H3. The van der Waals surface area contributed by atoms with Gasteiger partial charge in [-0.1, -0.05) is 23.7 Å². The molecule has 1 fully saturated rings. The molecule has 0 N–H and O–H groups in total. The molecule has 4 rings (SSSR count). The highest BCUT2D eigenvalue weighted by Gasteiger charge is 2.22. The Hall–Kier alpha value is -2.08. The highest BCUT2D eigenvalue weighted by atomic mass is 35.5. The average Bonchev–Trinajstić information content (AvgIpc) is 2.83. The molecule has 1 saturated heterocycles. The number of methoxy groups -OCH3 is 1. The van der Waals surface area contributed by atoms with Crippen molar-refractivity contribution in [3.63, 3.8) is 0 Å². The number of likely N-dealkylation sites (tertiary alicyclic amines) is 1. The third-order valence-electron chi connectivity index (χ3n) is 6.76. The maximum absolute atomic E-state index is 11.4. The Kier molecular flexibility index (Phi) is 8.65. The van der Waals surface area contributed by atoms with Crippen molar-refractivity contribution in [3.8, 4) is 11.5 Å². The maximum atomic E-state index is 11.4. The molecular formula is C27H34ClNO4. The zero-order valence-corrected chi connectivity index (χ0v) is 20.2. The topological polar surface area (TPSA) is 48.0 Å². The zero-order valence-electron chi connectivity index (χ0n) is 19.4. The van der Waals surface area contributed by atoms with Crippen LogP contribution >= 0.6 is 11.6 Å². The molecule has 0 amide bonds. The number of piperidine rings is 1. The van der Waals surface area contributed by atoms with E-state index in [0.29, 0.717) is 25.7 Å². The van der Waals surface area contributed by atoms with E-state index < -0.39 is 0 Å².